The third-order valence-corrected chi connectivity index (χ3v) is 4.49. The molecule has 25 heavy (non-hydrogen) atoms. The predicted octanol–water partition coefficient (Wildman–Crippen LogP) is 4.89. The first-order valence-electron chi connectivity index (χ1n) is 7.84. The van der Waals surface area contributed by atoms with Gasteiger partial charge in [-0.05, 0) is 46.0 Å². The van der Waals surface area contributed by atoms with Gasteiger partial charge in [-0.3, -0.25) is 0 Å². The molecule has 124 valence electrons. The van der Waals surface area contributed by atoms with Crippen molar-refractivity contribution < 1.29 is 19.0 Å². The Labute approximate surface area is 143 Å². The van der Waals surface area contributed by atoms with Crippen molar-refractivity contribution in [1.29, 1.82) is 0 Å². The number of hydrogen-bond donors (Lipinski definition) is 2. The van der Waals surface area contributed by atoms with Gasteiger partial charge in [0.2, 0.25) is 5.82 Å². The number of benzene rings is 3. The van der Waals surface area contributed by atoms with Gasteiger partial charge < -0.3 is 10.2 Å². The fourth-order valence-electron chi connectivity index (χ4n) is 3.32. The van der Waals surface area contributed by atoms with Gasteiger partial charge in [0, 0.05) is 12.0 Å². The molecule has 0 atom stereocenters. The highest BCUT2D eigenvalue weighted by Gasteiger charge is 2.29. The molecule has 4 rings (SSSR count). The van der Waals surface area contributed by atoms with E-state index in [4.69, 9.17) is 0 Å². The number of allylic oxidation sites excluding steroid dienone is 1. The van der Waals surface area contributed by atoms with Gasteiger partial charge in [-0.1, -0.05) is 42.5 Å². The van der Waals surface area contributed by atoms with Crippen molar-refractivity contribution in [1.82, 2.24) is 0 Å². The topological polar surface area (TPSA) is 40.5 Å². The number of phenols is 2. The lowest BCUT2D eigenvalue weighted by Gasteiger charge is -2.10. The number of halogens is 2. The van der Waals surface area contributed by atoms with Gasteiger partial charge in [0.15, 0.2) is 11.6 Å². The van der Waals surface area contributed by atoms with Gasteiger partial charge in [-0.25, -0.2) is 4.39 Å². The average molecular weight is 336 g/mol. The largest absolute Gasteiger partial charge is 0.508 e. The second-order valence-electron chi connectivity index (χ2n) is 5.99. The molecular weight excluding hydrogens is 322 g/mol. The minimum Gasteiger partial charge on any atom is -0.508 e. The third-order valence-electron chi connectivity index (χ3n) is 4.49. The lowest BCUT2D eigenvalue weighted by atomic mass is 9.94. The van der Waals surface area contributed by atoms with Crippen molar-refractivity contribution >= 4 is 11.1 Å². The van der Waals surface area contributed by atoms with Crippen molar-refractivity contribution in [2.75, 3.05) is 0 Å². The summed E-state index contributed by atoms with van der Waals surface area (Å²) in [4.78, 5) is 0. The predicted molar refractivity (Wildman–Crippen MR) is 92.2 cm³/mol. The highest BCUT2D eigenvalue weighted by Crippen LogP contribution is 2.45. The highest BCUT2D eigenvalue weighted by molar-refractivity contribution is 6.04. The Morgan fingerprint density at radius 1 is 0.760 bits per heavy atom. The van der Waals surface area contributed by atoms with Gasteiger partial charge in [0.1, 0.15) is 5.75 Å². The van der Waals surface area contributed by atoms with E-state index in [1.165, 1.54) is 6.07 Å². The zero-order chi connectivity index (χ0) is 17.6. The summed E-state index contributed by atoms with van der Waals surface area (Å²) in [5.74, 6) is -2.80. The maximum absolute atomic E-state index is 14.4. The van der Waals surface area contributed by atoms with E-state index >= 15 is 0 Å². The first-order chi connectivity index (χ1) is 12.1. The Bertz CT molecular complexity index is 991. The van der Waals surface area contributed by atoms with Gasteiger partial charge in [-0.2, -0.15) is 4.39 Å². The smallest absolute Gasteiger partial charge is 0.200 e. The average Bonchev–Trinajstić information content (AvgIpc) is 3.00. The first kappa shape index (κ1) is 15.4. The Hall–Kier alpha value is -3.14. The van der Waals surface area contributed by atoms with E-state index in [0.29, 0.717) is 5.56 Å². The number of hydrogen-bond acceptors (Lipinski definition) is 2. The third kappa shape index (κ3) is 2.47. The van der Waals surface area contributed by atoms with Crippen LogP contribution in [0, 0.1) is 11.6 Å². The summed E-state index contributed by atoms with van der Waals surface area (Å²) in [6.45, 7) is 0. The summed E-state index contributed by atoms with van der Waals surface area (Å²) in [6.07, 6.45) is 0.216. The monoisotopic (exact) mass is 336 g/mol. The normalized spacial score (nSPS) is 13.2. The molecule has 0 saturated heterocycles. The van der Waals surface area contributed by atoms with Crippen molar-refractivity contribution in [2.45, 2.75) is 6.42 Å². The molecule has 0 aromatic heterocycles. The minimum absolute atomic E-state index is 0.135. The molecule has 1 aliphatic rings. The molecule has 0 amide bonds. The van der Waals surface area contributed by atoms with Crippen LogP contribution in [0.5, 0.6) is 11.5 Å². The fraction of sp³-hybridized carbons (Fsp3) is 0.0476. The van der Waals surface area contributed by atoms with Gasteiger partial charge in [0.25, 0.3) is 0 Å². The Morgan fingerprint density at radius 2 is 1.44 bits per heavy atom. The molecule has 1 aliphatic carbocycles. The van der Waals surface area contributed by atoms with E-state index in [-0.39, 0.29) is 17.7 Å². The number of phenolic OH excluding ortho intramolecular Hbond substituents is 2. The Kier molecular flexibility index (Phi) is 3.53. The summed E-state index contributed by atoms with van der Waals surface area (Å²) < 4.78 is 28.2. The maximum atomic E-state index is 14.4. The second kappa shape index (κ2) is 5.74. The minimum atomic E-state index is -1.22. The van der Waals surface area contributed by atoms with Crippen molar-refractivity contribution in [3.8, 4) is 11.5 Å². The van der Waals surface area contributed by atoms with Crippen LogP contribution in [0.3, 0.4) is 0 Å². The van der Waals surface area contributed by atoms with Crippen LogP contribution in [0.25, 0.3) is 11.1 Å². The molecule has 0 saturated carbocycles. The van der Waals surface area contributed by atoms with Crippen LogP contribution < -0.4 is 0 Å². The number of aromatic hydroxyl groups is 2. The number of rotatable bonds is 2. The molecule has 0 unspecified atom stereocenters. The molecule has 2 N–H and O–H groups in total. The van der Waals surface area contributed by atoms with Crippen molar-refractivity contribution in [3.63, 3.8) is 0 Å². The summed E-state index contributed by atoms with van der Waals surface area (Å²) in [5, 5.41) is 19.3. The second-order valence-corrected chi connectivity index (χ2v) is 5.99. The van der Waals surface area contributed by atoms with Crippen LogP contribution in [0.4, 0.5) is 8.78 Å². The molecule has 3 aromatic carbocycles. The van der Waals surface area contributed by atoms with Crippen molar-refractivity contribution in [3.05, 3.63) is 94.6 Å². The lowest BCUT2D eigenvalue weighted by Crippen LogP contribution is -1.96. The van der Waals surface area contributed by atoms with Crippen LogP contribution in [-0.2, 0) is 6.42 Å². The Morgan fingerprint density at radius 3 is 2.12 bits per heavy atom. The summed E-state index contributed by atoms with van der Waals surface area (Å²) >= 11 is 0. The van der Waals surface area contributed by atoms with Gasteiger partial charge in [-0.15, -0.1) is 0 Å². The molecule has 0 bridgehead atoms. The molecule has 2 nitrogen and oxygen atoms in total. The summed E-state index contributed by atoms with van der Waals surface area (Å²) in [6, 6.07) is 17.3. The van der Waals surface area contributed by atoms with E-state index in [2.05, 4.69) is 0 Å². The lowest BCUT2D eigenvalue weighted by molar-refractivity contribution is 0.404. The Balaban J connectivity index is 2.00. The van der Waals surface area contributed by atoms with Crippen LogP contribution >= 0.6 is 0 Å². The SMILES string of the molecule is Oc1ccc(C2=C(c3ccccc3)c3cc(O)c(F)c(F)c3C2)cc1. The van der Waals surface area contributed by atoms with E-state index < -0.39 is 17.4 Å². The van der Waals surface area contributed by atoms with Crippen LogP contribution in [0.2, 0.25) is 0 Å². The first-order valence-corrected chi connectivity index (χ1v) is 7.84. The molecule has 3 aromatic rings. The van der Waals surface area contributed by atoms with E-state index in [9.17, 15) is 19.0 Å². The standard InChI is InChI=1S/C21H14F2O2/c22-20-17-10-15(12-6-8-14(24)9-7-12)19(13-4-2-1-3-5-13)16(17)11-18(25)21(20)23/h1-9,11,24-25H,10H2. The zero-order valence-electron chi connectivity index (χ0n) is 13.1. The molecule has 0 heterocycles. The van der Waals surface area contributed by atoms with Crippen LogP contribution in [-0.4, -0.2) is 10.2 Å². The maximum Gasteiger partial charge on any atom is 0.200 e. The van der Waals surface area contributed by atoms with E-state index in [1.54, 1.807) is 24.3 Å². The molecular formula is C21H14F2O2. The van der Waals surface area contributed by atoms with Crippen molar-refractivity contribution in [2.24, 2.45) is 0 Å². The van der Waals surface area contributed by atoms with Gasteiger partial charge in [0.05, 0.1) is 0 Å². The zero-order valence-corrected chi connectivity index (χ0v) is 13.1. The summed E-state index contributed by atoms with van der Waals surface area (Å²) in [5.41, 5.74) is 3.98. The molecule has 0 spiro atoms. The highest BCUT2D eigenvalue weighted by atomic mass is 19.2. The molecule has 4 heteroatoms. The van der Waals surface area contributed by atoms with Crippen LogP contribution in [0.1, 0.15) is 22.3 Å². The molecule has 0 aliphatic heterocycles. The molecule has 0 fully saturated rings. The fourth-order valence-corrected chi connectivity index (χ4v) is 3.32. The number of fused-ring (bicyclic) bond motifs is 1. The quantitative estimate of drug-likeness (QED) is 0.699. The molecule has 0 radical (unpaired) electrons. The van der Waals surface area contributed by atoms with Crippen LogP contribution in [0.15, 0.2) is 60.7 Å². The van der Waals surface area contributed by atoms with Gasteiger partial charge >= 0.3 is 0 Å². The summed E-state index contributed by atoms with van der Waals surface area (Å²) in [7, 11) is 0. The van der Waals surface area contributed by atoms with E-state index in [1.807, 2.05) is 30.3 Å². The van der Waals surface area contributed by atoms with E-state index in [0.717, 1.165) is 22.3 Å².